The van der Waals surface area contributed by atoms with Gasteiger partial charge in [0.15, 0.2) is 0 Å². The molecule has 2 heterocycles. The number of nitrogens with zero attached hydrogens (tertiary/aromatic N) is 2. The fraction of sp³-hybridized carbons (Fsp3) is 0.409. The van der Waals surface area contributed by atoms with Gasteiger partial charge in [-0.3, -0.25) is 9.69 Å². The number of fused-ring (bicyclic) bond motifs is 1. The lowest BCUT2D eigenvalue weighted by Crippen LogP contribution is -2.44. The van der Waals surface area contributed by atoms with Crippen LogP contribution in [0.4, 0.5) is 10.1 Å². The minimum atomic E-state index is -0.613. The minimum Gasteiger partial charge on any atom is -0.379 e. The number of carbonyl (C=O) groups excluding carboxylic acids is 1. The number of morpholine rings is 1. The van der Waals surface area contributed by atoms with Crippen molar-refractivity contribution in [2.75, 3.05) is 51.3 Å². The van der Waals surface area contributed by atoms with Gasteiger partial charge in [0.1, 0.15) is 5.82 Å². The van der Waals surface area contributed by atoms with E-state index < -0.39 is 11.7 Å². The third kappa shape index (κ3) is 4.25. The van der Waals surface area contributed by atoms with Crippen LogP contribution in [0, 0.1) is 5.82 Å². The standard InChI is InChI=1S/C22H25ClFN3O2/c1-26-8-7-16-13-15(5-6-19(16)26)20(27-9-11-29-12-10-27)14-25-22(28)21-17(23)3-2-4-18(21)24/h2-6,13,20H,7-12,14H2,1H3,(H,25,28)/t20-/m0/s1. The summed E-state index contributed by atoms with van der Waals surface area (Å²) in [5.41, 5.74) is 3.63. The number of carbonyl (C=O) groups is 1. The Hall–Kier alpha value is -2.15. The highest BCUT2D eigenvalue weighted by Gasteiger charge is 2.26. The second kappa shape index (κ2) is 8.69. The Morgan fingerprint density at radius 1 is 1.24 bits per heavy atom. The highest BCUT2D eigenvalue weighted by Crippen LogP contribution is 2.31. The van der Waals surface area contributed by atoms with E-state index in [4.69, 9.17) is 16.3 Å². The van der Waals surface area contributed by atoms with Crippen molar-refractivity contribution < 1.29 is 13.9 Å². The number of likely N-dealkylation sites (N-methyl/N-ethyl adjacent to an activating group) is 1. The van der Waals surface area contributed by atoms with Crippen molar-refractivity contribution in [2.24, 2.45) is 0 Å². The third-order valence-electron chi connectivity index (χ3n) is 5.75. The Morgan fingerprint density at radius 3 is 2.79 bits per heavy atom. The highest BCUT2D eigenvalue weighted by atomic mass is 35.5. The van der Waals surface area contributed by atoms with Gasteiger partial charge in [0.25, 0.3) is 5.91 Å². The maximum atomic E-state index is 14.1. The zero-order chi connectivity index (χ0) is 20.4. The predicted molar refractivity (Wildman–Crippen MR) is 112 cm³/mol. The van der Waals surface area contributed by atoms with E-state index in [0.717, 1.165) is 31.6 Å². The van der Waals surface area contributed by atoms with Gasteiger partial charge in [0, 0.05) is 38.9 Å². The first-order valence-corrected chi connectivity index (χ1v) is 10.3. The molecule has 1 saturated heterocycles. The molecule has 7 heteroatoms. The highest BCUT2D eigenvalue weighted by molar-refractivity contribution is 6.33. The quantitative estimate of drug-likeness (QED) is 0.811. The number of benzene rings is 2. The van der Waals surface area contributed by atoms with E-state index in [1.165, 1.54) is 29.4 Å². The van der Waals surface area contributed by atoms with Crippen LogP contribution in [0.3, 0.4) is 0 Å². The fourth-order valence-electron chi connectivity index (χ4n) is 4.13. The molecule has 1 fully saturated rings. The Balaban J connectivity index is 1.56. The summed E-state index contributed by atoms with van der Waals surface area (Å²) in [5, 5.41) is 3.01. The van der Waals surface area contributed by atoms with Crippen LogP contribution in [-0.4, -0.2) is 57.2 Å². The van der Waals surface area contributed by atoms with Gasteiger partial charge >= 0.3 is 0 Å². The van der Waals surface area contributed by atoms with E-state index >= 15 is 0 Å². The molecule has 29 heavy (non-hydrogen) atoms. The van der Waals surface area contributed by atoms with Crippen molar-refractivity contribution in [1.29, 1.82) is 0 Å². The van der Waals surface area contributed by atoms with Crippen molar-refractivity contribution in [1.82, 2.24) is 10.2 Å². The largest absolute Gasteiger partial charge is 0.379 e. The van der Waals surface area contributed by atoms with Crippen LogP contribution < -0.4 is 10.2 Å². The predicted octanol–water partition coefficient (Wildman–Crippen LogP) is 3.27. The summed E-state index contributed by atoms with van der Waals surface area (Å²) in [4.78, 5) is 17.2. The molecule has 0 saturated carbocycles. The first-order chi connectivity index (χ1) is 14.0. The van der Waals surface area contributed by atoms with E-state index in [2.05, 4.69) is 40.4 Å². The van der Waals surface area contributed by atoms with Crippen LogP contribution in [0.15, 0.2) is 36.4 Å². The average Bonchev–Trinajstić information content (AvgIpc) is 3.09. The monoisotopic (exact) mass is 417 g/mol. The molecule has 2 aliphatic heterocycles. The molecular formula is C22H25ClFN3O2. The van der Waals surface area contributed by atoms with Crippen LogP contribution in [0.1, 0.15) is 27.5 Å². The number of halogens is 2. The smallest absolute Gasteiger partial charge is 0.255 e. The van der Waals surface area contributed by atoms with E-state index in [1.54, 1.807) is 0 Å². The Bertz CT molecular complexity index is 881. The van der Waals surface area contributed by atoms with Crippen molar-refractivity contribution in [3.63, 3.8) is 0 Å². The first kappa shape index (κ1) is 20.1. The van der Waals surface area contributed by atoms with Crippen molar-refractivity contribution in [3.05, 3.63) is 63.9 Å². The molecule has 0 radical (unpaired) electrons. The molecule has 0 unspecified atom stereocenters. The molecule has 0 aliphatic carbocycles. The summed E-state index contributed by atoms with van der Waals surface area (Å²) in [6.07, 6.45) is 1.02. The second-order valence-corrected chi connectivity index (χ2v) is 7.94. The van der Waals surface area contributed by atoms with Crippen LogP contribution >= 0.6 is 11.6 Å². The number of amides is 1. The number of hydrogen-bond acceptors (Lipinski definition) is 4. The maximum absolute atomic E-state index is 14.1. The van der Waals surface area contributed by atoms with Gasteiger partial charge in [-0.2, -0.15) is 0 Å². The van der Waals surface area contributed by atoms with Gasteiger partial charge < -0.3 is 15.0 Å². The molecule has 154 valence electrons. The molecule has 2 aliphatic rings. The topological polar surface area (TPSA) is 44.8 Å². The SMILES string of the molecule is CN1CCc2cc([C@H](CNC(=O)c3c(F)cccc3Cl)N3CCOCC3)ccc21. The van der Waals surface area contributed by atoms with Gasteiger partial charge in [0.05, 0.1) is 29.8 Å². The zero-order valence-corrected chi connectivity index (χ0v) is 17.2. The van der Waals surface area contributed by atoms with Gasteiger partial charge in [-0.05, 0) is 35.7 Å². The first-order valence-electron chi connectivity index (χ1n) is 9.92. The normalized spacial score (nSPS) is 17.8. The van der Waals surface area contributed by atoms with Crippen molar-refractivity contribution in [3.8, 4) is 0 Å². The lowest BCUT2D eigenvalue weighted by Gasteiger charge is -2.35. The number of anilines is 1. The van der Waals surface area contributed by atoms with E-state index in [0.29, 0.717) is 19.8 Å². The van der Waals surface area contributed by atoms with E-state index in [9.17, 15) is 9.18 Å². The van der Waals surface area contributed by atoms with Crippen LogP contribution in [0.25, 0.3) is 0 Å². The zero-order valence-electron chi connectivity index (χ0n) is 16.5. The summed E-state index contributed by atoms with van der Waals surface area (Å²) in [6.45, 7) is 4.30. The molecule has 5 nitrogen and oxygen atoms in total. The van der Waals surface area contributed by atoms with Crippen molar-refractivity contribution in [2.45, 2.75) is 12.5 Å². The molecule has 0 aromatic heterocycles. The summed E-state index contributed by atoms with van der Waals surface area (Å²) in [7, 11) is 2.10. The molecule has 1 amide bonds. The molecule has 2 aromatic carbocycles. The van der Waals surface area contributed by atoms with Crippen LogP contribution in [0.2, 0.25) is 5.02 Å². The lowest BCUT2D eigenvalue weighted by atomic mass is 10.00. The summed E-state index contributed by atoms with van der Waals surface area (Å²) >= 11 is 6.05. The average molecular weight is 418 g/mol. The Labute approximate surface area is 175 Å². The Kier molecular flexibility index (Phi) is 6.04. The Morgan fingerprint density at radius 2 is 2.03 bits per heavy atom. The summed E-state index contributed by atoms with van der Waals surface area (Å²) in [6, 6.07) is 10.8. The van der Waals surface area contributed by atoms with Crippen LogP contribution in [-0.2, 0) is 11.2 Å². The summed E-state index contributed by atoms with van der Waals surface area (Å²) < 4.78 is 19.6. The maximum Gasteiger partial charge on any atom is 0.255 e. The van der Waals surface area contributed by atoms with E-state index in [-0.39, 0.29) is 16.6 Å². The molecule has 4 rings (SSSR count). The van der Waals surface area contributed by atoms with Crippen molar-refractivity contribution >= 4 is 23.2 Å². The molecule has 2 aromatic rings. The molecule has 0 bridgehead atoms. The molecule has 1 atom stereocenters. The van der Waals surface area contributed by atoms with Gasteiger partial charge in [-0.15, -0.1) is 0 Å². The van der Waals surface area contributed by atoms with Gasteiger partial charge in [-0.25, -0.2) is 4.39 Å². The summed E-state index contributed by atoms with van der Waals surface area (Å²) in [5.74, 6) is -1.11. The van der Waals surface area contributed by atoms with Gasteiger partial charge in [-0.1, -0.05) is 29.8 Å². The van der Waals surface area contributed by atoms with Gasteiger partial charge in [0.2, 0.25) is 0 Å². The molecule has 0 spiro atoms. The van der Waals surface area contributed by atoms with Crippen LogP contribution in [0.5, 0.6) is 0 Å². The number of nitrogens with one attached hydrogen (secondary N) is 1. The third-order valence-corrected chi connectivity index (χ3v) is 6.06. The molecular weight excluding hydrogens is 393 g/mol. The number of rotatable bonds is 5. The second-order valence-electron chi connectivity index (χ2n) is 7.53. The number of hydrogen-bond donors (Lipinski definition) is 1. The fourth-order valence-corrected chi connectivity index (χ4v) is 4.38. The minimum absolute atomic E-state index is 0.00962. The molecule has 1 N–H and O–H groups in total. The lowest BCUT2D eigenvalue weighted by molar-refractivity contribution is 0.0162. The van der Waals surface area contributed by atoms with E-state index in [1.807, 2.05) is 0 Å². The number of ether oxygens (including phenoxy) is 1.